The topological polar surface area (TPSA) is 75.3 Å². The van der Waals surface area contributed by atoms with Crippen LogP contribution in [0.5, 0.6) is 0 Å². The molecule has 1 amide bonds. The number of rotatable bonds is 8. The summed E-state index contributed by atoms with van der Waals surface area (Å²) in [6, 6.07) is 17.8. The van der Waals surface area contributed by atoms with Crippen LogP contribution in [0.4, 0.5) is 11.4 Å². The predicted octanol–water partition coefficient (Wildman–Crippen LogP) is 6.96. The number of hydrogen-bond donors (Lipinski definition) is 2. The summed E-state index contributed by atoms with van der Waals surface area (Å²) in [6.45, 7) is 1.93. The lowest BCUT2D eigenvalue weighted by molar-refractivity contribution is -0.115. The highest BCUT2D eigenvalue weighted by Crippen LogP contribution is 2.31. The van der Waals surface area contributed by atoms with E-state index in [9.17, 15) is 13.2 Å². The van der Waals surface area contributed by atoms with Crippen LogP contribution in [-0.2, 0) is 14.8 Å². The highest BCUT2D eigenvalue weighted by atomic mass is 35.5. The van der Waals surface area contributed by atoms with Gasteiger partial charge in [-0.15, -0.1) is 11.8 Å². The molecule has 0 aliphatic heterocycles. The lowest BCUT2D eigenvalue weighted by atomic mass is 10.3. The molecule has 0 aromatic heterocycles. The van der Waals surface area contributed by atoms with E-state index in [0.717, 1.165) is 4.90 Å². The van der Waals surface area contributed by atoms with Crippen LogP contribution in [0.1, 0.15) is 13.3 Å². The number of benzene rings is 3. The Balaban J connectivity index is 1.68. The van der Waals surface area contributed by atoms with Gasteiger partial charge in [-0.05, 0) is 67.1 Å². The highest BCUT2D eigenvalue weighted by molar-refractivity contribution is 8.00. The molecule has 1 atom stereocenters. The Bertz CT molecular complexity index is 1200. The van der Waals surface area contributed by atoms with Gasteiger partial charge in [0.15, 0.2) is 0 Å². The van der Waals surface area contributed by atoms with Crippen molar-refractivity contribution in [2.75, 3.05) is 10.0 Å². The fourth-order valence-electron chi connectivity index (χ4n) is 2.73. The van der Waals surface area contributed by atoms with Gasteiger partial charge < -0.3 is 5.32 Å². The first-order valence-corrected chi connectivity index (χ1v) is 13.0. The van der Waals surface area contributed by atoms with E-state index in [1.54, 1.807) is 24.3 Å². The molecule has 3 aromatic carbocycles. The summed E-state index contributed by atoms with van der Waals surface area (Å²) in [5, 5.41) is 3.51. The summed E-state index contributed by atoms with van der Waals surface area (Å²) in [4.78, 5) is 13.6. The van der Waals surface area contributed by atoms with Gasteiger partial charge in [0.25, 0.3) is 10.0 Å². The Morgan fingerprint density at radius 2 is 1.62 bits per heavy atom. The molecule has 3 aromatic rings. The number of hydrogen-bond acceptors (Lipinski definition) is 4. The zero-order valence-electron chi connectivity index (χ0n) is 16.8. The molecule has 0 saturated carbocycles. The molecule has 0 bridgehead atoms. The molecule has 0 unspecified atom stereocenters. The molecule has 0 aliphatic carbocycles. The molecule has 3 rings (SSSR count). The predicted molar refractivity (Wildman–Crippen MR) is 134 cm³/mol. The molecule has 0 saturated heterocycles. The van der Waals surface area contributed by atoms with Crippen LogP contribution in [-0.4, -0.2) is 19.6 Å². The van der Waals surface area contributed by atoms with E-state index in [1.165, 1.54) is 42.1 Å². The second-order valence-electron chi connectivity index (χ2n) is 6.69. The summed E-state index contributed by atoms with van der Waals surface area (Å²) in [5.41, 5.74) is 0.673. The molecule has 168 valence electrons. The molecule has 0 aliphatic rings. The summed E-state index contributed by atoms with van der Waals surface area (Å²) >= 11 is 19.3. The van der Waals surface area contributed by atoms with E-state index in [4.69, 9.17) is 34.8 Å². The minimum absolute atomic E-state index is 0.0223. The summed E-state index contributed by atoms with van der Waals surface area (Å²) in [6.07, 6.45) is 0.621. The van der Waals surface area contributed by atoms with Gasteiger partial charge in [-0.1, -0.05) is 47.8 Å². The Morgan fingerprint density at radius 1 is 0.969 bits per heavy atom. The minimum atomic E-state index is -3.88. The van der Waals surface area contributed by atoms with Crippen molar-refractivity contribution in [2.45, 2.75) is 28.4 Å². The lowest BCUT2D eigenvalue weighted by Gasteiger charge is -2.15. The fourth-order valence-corrected chi connectivity index (χ4v) is 5.28. The van der Waals surface area contributed by atoms with Crippen molar-refractivity contribution in [1.82, 2.24) is 0 Å². The van der Waals surface area contributed by atoms with Gasteiger partial charge in [0.05, 0.1) is 25.9 Å². The molecule has 10 heteroatoms. The molecule has 0 heterocycles. The standard InChI is InChI=1S/C22H19Cl3N2O3S2/c1-2-20(31-16-10-6-14(23)7-11-16)22(28)26-15-8-12-17(13-9-15)32(29,30)27-19-5-3-4-18(24)21(19)25/h3-13,20,27H,2H2,1H3,(H,26,28)/t20-/m0/s1. The van der Waals surface area contributed by atoms with Crippen LogP contribution >= 0.6 is 46.6 Å². The van der Waals surface area contributed by atoms with Crippen molar-refractivity contribution in [2.24, 2.45) is 0 Å². The fraction of sp³-hybridized carbons (Fsp3) is 0.136. The Morgan fingerprint density at radius 3 is 2.25 bits per heavy atom. The maximum absolute atomic E-state index is 12.7. The molecule has 0 radical (unpaired) electrons. The smallest absolute Gasteiger partial charge is 0.261 e. The van der Waals surface area contributed by atoms with E-state index in [0.29, 0.717) is 17.1 Å². The van der Waals surface area contributed by atoms with Crippen molar-refractivity contribution in [3.63, 3.8) is 0 Å². The van der Waals surface area contributed by atoms with Crippen LogP contribution in [0.15, 0.2) is 76.5 Å². The Hall–Kier alpha value is -1.90. The zero-order valence-corrected chi connectivity index (χ0v) is 20.7. The summed E-state index contributed by atoms with van der Waals surface area (Å²) in [5.74, 6) is -0.174. The number of carbonyl (C=O) groups excluding carboxylic acids is 1. The molecule has 2 N–H and O–H groups in total. The molecule has 0 spiro atoms. The number of anilines is 2. The van der Waals surface area contributed by atoms with Crippen molar-refractivity contribution in [3.05, 3.63) is 81.8 Å². The number of thioether (sulfide) groups is 1. The first kappa shape index (κ1) is 24.7. The molecule has 32 heavy (non-hydrogen) atoms. The molecule has 5 nitrogen and oxygen atoms in total. The van der Waals surface area contributed by atoms with Gasteiger partial charge in [0, 0.05) is 15.6 Å². The van der Waals surface area contributed by atoms with Crippen LogP contribution in [0.2, 0.25) is 15.1 Å². The zero-order chi connectivity index (χ0) is 23.3. The minimum Gasteiger partial charge on any atom is -0.325 e. The molecular formula is C22H19Cl3N2O3S2. The third-order valence-electron chi connectivity index (χ3n) is 4.38. The average molecular weight is 530 g/mol. The van der Waals surface area contributed by atoms with Gasteiger partial charge in [-0.2, -0.15) is 0 Å². The number of sulfonamides is 1. The van der Waals surface area contributed by atoms with Gasteiger partial charge in [-0.25, -0.2) is 8.42 Å². The van der Waals surface area contributed by atoms with Gasteiger partial charge >= 0.3 is 0 Å². The van der Waals surface area contributed by atoms with Crippen LogP contribution in [0.25, 0.3) is 0 Å². The number of carbonyl (C=O) groups is 1. The lowest BCUT2D eigenvalue weighted by Crippen LogP contribution is -2.24. The average Bonchev–Trinajstić information content (AvgIpc) is 2.76. The Kier molecular flexibility index (Phi) is 8.36. The molecular weight excluding hydrogens is 511 g/mol. The SMILES string of the molecule is CC[C@H](Sc1ccc(Cl)cc1)C(=O)Nc1ccc(S(=O)(=O)Nc2cccc(Cl)c2Cl)cc1. The van der Waals surface area contributed by atoms with Gasteiger partial charge in [0.2, 0.25) is 5.91 Å². The monoisotopic (exact) mass is 528 g/mol. The normalized spacial score (nSPS) is 12.2. The van der Waals surface area contributed by atoms with Gasteiger partial charge in [-0.3, -0.25) is 9.52 Å². The van der Waals surface area contributed by atoms with E-state index in [-0.39, 0.29) is 31.8 Å². The maximum atomic E-state index is 12.7. The van der Waals surface area contributed by atoms with Crippen molar-refractivity contribution in [1.29, 1.82) is 0 Å². The van der Waals surface area contributed by atoms with E-state index in [2.05, 4.69) is 10.0 Å². The first-order valence-electron chi connectivity index (χ1n) is 9.49. The Labute approximate surface area is 206 Å². The van der Waals surface area contributed by atoms with E-state index in [1.807, 2.05) is 19.1 Å². The van der Waals surface area contributed by atoms with Crippen molar-refractivity contribution >= 4 is 73.9 Å². The van der Waals surface area contributed by atoms with Gasteiger partial charge in [0.1, 0.15) is 0 Å². The second-order valence-corrected chi connectivity index (χ2v) is 10.9. The van der Waals surface area contributed by atoms with Crippen LogP contribution in [0.3, 0.4) is 0 Å². The third kappa shape index (κ3) is 6.33. The van der Waals surface area contributed by atoms with Crippen molar-refractivity contribution in [3.8, 4) is 0 Å². The first-order chi connectivity index (χ1) is 15.2. The van der Waals surface area contributed by atoms with Crippen LogP contribution < -0.4 is 10.0 Å². The summed E-state index contributed by atoms with van der Waals surface area (Å²) < 4.78 is 27.8. The quantitative estimate of drug-likeness (QED) is 0.309. The van der Waals surface area contributed by atoms with Crippen molar-refractivity contribution < 1.29 is 13.2 Å². The van der Waals surface area contributed by atoms with Crippen LogP contribution in [0, 0.1) is 0 Å². The maximum Gasteiger partial charge on any atom is 0.261 e. The molecule has 0 fully saturated rings. The second kappa shape index (κ2) is 10.8. The van der Waals surface area contributed by atoms with E-state index < -0.39 is 10.0 Å². The van der Waals surface area contributed by atoms with E-state index >= 15 is 0 Å². The third-order valence-corrected chi connectivity index (χ3v) is 8.21. The highest BCUT2D eigenvalue weighted by Gasteiger charge is 2.20. The number of halogens is 3. The largest absolute Gasteiger partial charge is 0.325 e. The number of nitrogens with one attached hydrogen (secondary N) is 2. The number of amides is 1. The summed E-state index contributed by atoms with van der Waals surface area (Å²) in [7, 11) is -3.88.